The number of halogens is 1. The van der Waals surface area contributed by atoms with Crippen LogP contribution in [0.3, 0.4) is 0 Å². The fourth-order valence-corrected chi connectivity index (χ4v) is 2.00. The SMILES string of the molecule is COc1ccccc1-c1ccc(C(Cl)C(=O)O)cc1. The average molecular weight is 277 g/mol. The standard InChI is InChI=1S/C15H13ClO3/c1-19-13-5-3-2-4-12(13)10-6-8-11(9-7-10)14(16)15(17)18/h2-9,14H,1H3,(H,17,18). The first-order valence-corrected chi connectivity index (χ1v) is 6.17. The van der Waals surface area contributed by atoms with E-state index in [9.17, 15) is 4.79 Å². The minimum Gasteiger partial charge on any atom is -0.496 e. The number of rotatable bonds is 4. The van der Waals surface area contributed by atoms with E-state index in [2.05, 4.69) is 0 Å². The molecule has 3 nitrogen and oxygen atoms in total. The van der Waals surface area contributed by atoms with E-state index < -0.39 is 11.3 Å². The van der Waals surface area contributed by atoms with Crippen molar-refractivity contribution in [2.24, 2.45) is 0 Å². The third-order valence-electron chi connectivity index (χ3n) is 2.84. The van der Waals surface area contributed by atoms with Crippen LogP contribution in [0.4, 0.5) is 0 Å². The van der Waals surface area contributed by atoms with Crippen LogP contribution in [0.25, 0.3) is 11.1 Å². The van der Waals surface area contributed by atoms with Crippen LogP contribution in [-0.4, -0.2) is 18.2 Å². The van der Waals surface area contributed by atoms with E-state index in [0.717, 1.165) is 16.9 Å². The molecule has 0 heterocycles. The molecule has 2 aromatic rings. The van der Waals surface area contributed by atoms with Crippen molar-refractivity contribution in [3.63, 3.8) is 0 Å². The number of para-hydroxylation sites is 1. The zero-order valence-electron chi connectivity index (χ0n) is 10.3. The molecular weight excluding hydrogens is 264 g/mol. The minimum atomic E-state index is -1.05. The van der Waals surface area contributed by atoms with E-state index >= 15 is 0 Å². The molecule has 2 rings (SSSR count). The molecular formula is C15H13ClO3. The molecule has 2 aromatic carbocycles. The van der Waals surface area contributed by atoms with Gasteiger partial charge in [0.05, 0.1) is 7.11 Å². The van der Waals surface area contributed by atoms with Gasteiger partial charge >= 0.3 is 5.97 Å². The van der Waals surface area contributed by atoms with Crippen molar-refractivity contribution in [3.8, 4) is 16.9 Å². The summed E-state index contributed by atoms with van der Waals surface area (Å²) in [6.45, 7) is 0. The van der Waals surface area contributed by atoms with Gasteiger partial charge in [-0.25, -0.2) is 0 Å². The molecule has 0 saturated carbocycles. The number of methoxy groups -OCH3 is 1. The van der Waals surface area contributed by atoms with Crippen molar-refractivity contribution >= 4 is 17.6 Å². The molecule has 1 unspecified atom stereocenters. The Morgan fingerprint density at radius 1 is 1.16 bits per heavy atom. The van der Waals surface area contributed by atoms with Crippen molar-refractivity contribution < 1.29 is 14.6 Å². The summed E-state index contributed by atoms with van der Waals surface area (Å²) in [7, 11) is 1.62. The van der Waals surface area contributed by atoms with E-state index in [1.165, 1.54) is 0 Å². The molecule has 19 heavy (non-hydrogen) atoms. The molecule has 4 heteroatoms. The second-order valence-corrected chi connectivity index (χ2v) is 4.46. The van der Waals surface area contributed by atoms with Crippen LogP contribution < -0.4 is 4.74 Å². The lowest BCUT2D eigenvalue weighted by molar-refractivity contribution is -0.136. The average Bonchev–Trinajstić information content (AvgIpc) is 2.46. The Kier molecular flexibility index (Phi) is 4.07. The summed E-state index contributed by atoms with van der Waals surface area (Å²) in [4.78, 5) is 10.8. The Labute approximate surface area is 116 Å². The van der Waals surface area contributed by atoms with E-state index in [1.807, 2.05) is 36.4 Å². The Balaban J connectivity index is 2.35. The van der Waals surface area contributed by atoms with Crippen molar-refractivity contribution in [1.29, 1.82) is 0 Å². The van der Waals surface area contributed by atoms with Gasteiger partial charge in [0, 0.05) is 5.56 Å². The van der Waals surface area contributed by atoms with E-state index in [0.29, 0.717) is 5.56 Å². The molecule has 0 aromatic heterocycles. The normalized spacial score (nSPS) is 11.9. The lowest BCUT2D eigenvalue weighted by atomic mass is 10.0. The Morgan fingerprint density at radius 3 is 2.37 bits per heavy atom. The monoisotopic (exact) mass is 276 g/mol. The summed E-state index contributed by atoms with van der Waals surface area (Å²) < 4.78 is 5.30. The maximum absolute atomic E-state index is 10.8. The molecule has 0 aliphatic rings. The second kappa shape index (κ2) is 5.76. The molecule has 1 N–H and O–H groups in total. The summed E-state index contributed by atoms with van der Waals surface area (Å²) >= 11 is 5.77. The molecule has 0 radical (unpaired) electrons. The maximum atomic E-state index is 10.8. The first kappa shape index (κ1) is 13.4. The van der Waals surface area contributed by atoms with E-state index in [4.69, 9.17) is 21.4 Å². The van der Waals surface area contributed by atoms with Gasteiger partial charge in [-0.15, -0.1) is 11.6 Å². The van der Waals surface area contributed by atoms with Crippen molar-refractivity contribution in [3.05, 3.63) is 54.1 Å². The number of aliphatic carboxylic acids is 1. The minimum absolute atomic E-state index is 0.563. The highest BCUT2D eigenvalue weighted by atomic mass is 35.5. The Hall–Kier alpha value is -2.00. The summed E-state index contributed by atoms with van der Waals surface area (Å²) in [5.74, 6) is -0.275. The molecule has 0 bridgehead atoms. The first-order chi connectivity index (χ1) is 9.13. The van der Waals surface area contributed by atoms with Gasteiger partial charge in [-0.1, -0.05) is 42.5 Å². The highest BCUT2D eigenvalue weighted by Crippen LogP contribution is 2.31. The number of hydrogen-bond donors (Lipinski definition) is 1. The lowest BCUT2D eigenvalue weighted by Gasteiger charge is -2.10. The molecule has 0 aliphatic carbocycles. The summed E-state index contributed by atoms with van der Waals surface area (Å²) in [5, 5.41) is 7.83. The van der Waals surface area contributed by atoms with Crippen LogP contribution in [0.15, 0.2) is 48.5 Å². The fourth-order valence-electron chi connectivity index (χ4n) is 1.86. The van der Waals surface area contributed by atoms with Crippen molar-refractivity contribution in [2.75, 3.05) is 7.11 Å². The molecule has 0 spiro atoms. The third-order valence-corrected chi connectivity index (χ3v) is 3.28. The first-order valence-electron chi connectivity index (χ1n) is 5.73. The lowest BCUT2D eigenvalue weighted by Crippen LogP contribution is -2.04. The van der Waals surface area contributed by atoms with Crippen LogP contribution in [0.1, 0.15) is 10.9 Å². The predicted octanol–water partition coefficient (Wildman–Crippen LogP) is 3.73. The number of carboxylic acid groups (broad SMARTS) is 1. The summed E-state index contributed by atoms with van der Waals surface area (Å²) in [6, 6.07) is 14.8. The van der Waals surface area contributed by atoms with E-state index in [1.54, 1.807) is 19.2 Å². The van der Waals surface area contributed by atoms with Gasteiger partial charge in [0.15, 0.2) is 5.38 Å². The molecule has 0 saturated heterocycles. The molecule has 0 amide bonds. The smallest absolute Gasteiger partial charge is 0.326 e. The number of ether oxygens (including phenoxy) is 1. The highest BCUT2D eigenvalue weighted by molar-refractivity contribution is 6.29. The maximum Gasteiger partial charge on any atom is 0.326 e. The predicted molar refractivity (Wildman–Crippen MR) is 74.7 cm³/mol. The van der Waals surface area contributed by atoms with Gasteiger partial charge in [-0.05, 0) is 17.2 Å². The van der Waals surface area contributed by atoms with Crippen LogP contribution in [0.5, 0.6) is 5.75 Å². The summed E-state index contributed by atoms with van der Waals surface area (Å²) in [5.41, 5.74) is 2.47. The fraction of sp³-hybridized carbons (Fsp3) is 0.133. The van der Waals surface area contributed by atoms with Gasteiger partial charge in [0.1, 0.15) is 5.75 Å². The molecule has 1 atom stereocenters. The van der Waals surface area contributed by atoms with Gasteiger partial charge < -0.3 is 9.84 Å². The third kappa shape index (κ3) is 2.88. The van der Waals surface area contributed by atoms with Crippen molar-refractivity contribution in [1.82, 2.24) is 0 Å². The number of hydrogen-bond acceptors (Lipinski definition) is 2. The number of alkyl halides is 1. The number of benzene rings is 2. The zero-order valence-corrected chi connectivity index (χ0v) is 11.1. The molecule has 0 aliphatic heterocycles. The van der Waals surface area contributed by atoms with Gasteiger partial charge in [0.2, 0.25) is 0 Å². The molecule has 0 fully saturated rings. The quantitative estimate of drug-likeness (QED) is 0.866. The molecule has 98 valence electrons. The largest absolute Gasteiger partial charge is 0.496 e. The zero-order chi connectivity index (χ0) is 13.8. The van der Waals surface area contributed by atoms with Crippen LogP contribution in [0.2, 0.25) is 0 Å². The van der Waals surface area contributed by atoms with Gasteiger partial charge in [-0.3, -0.25) is 4.79 Å². The van der Waals surface area contributed by atoms with Gasteiger partial charge in [-0.2, -0.15) is 0 Å². The topological polar surface area (TPSA) is 46.5 Å². The van der Waals surface area contributed by atoms with Crippen LogP contribution >= 0.6 is 11.6 Å². The highest BCUT2D eigenvalue weighted by Gasteiger charge is 2.16. The summed E-state index contributed by atoms with van der Waals surface area (Å²) in [6.07, 6.45) is 0. The Bertz CT molecular complexity index is 578. The van der Waals surface area contributed by atoms with Gasteiger partial charge in [0.25, 0.3) is 0 Å². The van der Waals surface area contributed by atoms with Crippen molar-refractivity contribution in [2.45, 2.75) is 5.38 Å². The van der Waals surface area contributed by atoms with Crippen LogP contribution in [0, 0.1) is 0 Å². The Morgan fingerprint density at radius 2 is 1.79 bits per heavy atom. The second-order valence-electron chi connectivity index (χ2n) is 4.02. The van der Waals surface area contributed by atoms with Crippen LogP contribution in [-0.2, 0) is 4.79 Å². The number of carbonyl (C=O) groups is 1. The van der Waals surface area contributed by atoms with E-state index in [-0.39, 0.29) is 0 Å². The number of carboxylic acids is 1.